The minimum atomic E-state index is -4.76. The van der Waals surface area contributed by atoms with Gasteiger partial charge in [-0.15, -0.1) is 0 Å². The van der Waals surface area contributed by atoms with Crippen LogP contribution < -0.4 is 5.73 Å². The van der Waals surface area contributed by atoms with E-state index < -0.39 is 31.5 Å². The Morgan fingerprint density at radius 3 is 2.32 bits per heavy atom. The predicted octanol–water partition coefficient (Wildman–Crippen LogP) is 0.439. The average Bonchev–Trinajstić information content (AvgIpc) is 2.20. The molecule has 1 unspecified atom stereocenters. The Hall–Kier alpha value is -0.970. The summed E-state index contributed by atoms with van der Waals surface area (Å²) in [6.07, 6.45) is -0.196. The number of rotatable bonds is 6. The quantitative estimate of drug-likeness (QED) is 0.473. The van der Waals surface area contributed by atoms with Crippen molar-refractivity contribution in [3.63, 3.8) is 0 Å². The number of carbonyl (C=O) groups is 1. The van der Waals surface area contributed by atoms with E-state index in [4.69, 9.17) is 25.5 Å². The zero-order valence-electron chi connectivity index (χ0n) is 11.1. The van der Waals surface area contributed by atoms with Crippen LogP contribution >= 0.6 is 7.82 Å². The van der Waals surface area contributed by atoms with Gasteiger partial charge in [-0.1, -0.05) is 0 Å². The summed E-state index contributed by atoms with van der Waals surface area (Å²) in [6.45, 7) is 4.15. The Bertz CT molecular complexity index is 407. The fourth-order valence-electron chi connectivity index (χ4n) is 1.09. The van der Waals surface area contributed by atoms with Crippen LogP contribution in [0, 0.1) is 11.3 Å². The van der Waals surface area contributed by atoms with Crippen LogP contribution in [-0.2, 0) is 18.6 Å². The Balaban J connectivity index is 4.91. The van der Waals surface area contributed by atoms with E-state index in [1.165, 1.54) is 0 Å². The number of carbonyl (C=O) groups excluding carboxylic acids is 1. The van der Waals surface area contributed by atoms with Crippen LogP contribution in [0.25, 0.3) is 0 Å². The summed E-state index contributed by atoms with van der Waals surface area (Å²) in [5.74, 6) is -0.872. The molecule has 0 saturated carbocycles. The van der Waals surface area contributed by atoms with E-state index in [2.05, 4.69) is 4.52 Å². The van der Waals surface area contributed by atoms with Crippen molar-refractivity contribution >= 4 is 13.8 Å². The molecule has 0 heterocycles. The molecule has 19 heavy (non-hydrogen) atoms. The Morgan fingerprint density at radius 2 is 1.95 bits per heavy atom. The highest BCUT2D eigenvalue weighted by molar-refractivity contribution is 7.46. The number of nitrogens with two attached hydrogens (primary N) is 1. The van der Waals surface area contributed by atoms with Crippen molar-refractivity contribution in [2.75, 3.05) is 6.61 Å². The van der Waals surface area contributed by atoms with Gasteiger partial charge >= 0.3 is 13.8 Å². The molecule has 9 heteroatoms. The molecule has 0 bridgehead atoms. The zero-order valence-corrected chi connectivity index (χ0v) is 12.0. The monoisotopic (exact) mass is 294 g/mol. The minimum absolute atomic E-state index is 0.0692. The van der Waals surface area contributed by atoms with E-state index >= 15 is 0 Å². The fraction of sp³-hybridized carbons (Fsp3) is 0.800. The van der Waals surface area contributed by atoms with Crippen molar-refractivity contribution < 1.29 is 28.4 Å². The molecule has 0 saturated heterocycles. The van der Waals surface area contributed by atoms with Gasteiger partial charge in [-0.05, 0) is 27.2 Å². The third-order valence-corrected chi connectivity index (χ3v) is 2.44. The van der Waals surface area contributed by atoms with Gasteiger partial charge in [0.05, 0.1) is 12.7 Å². The van der Waals surface area contributed by atoms with Crippen LogP contribution in [0.15, 0.2) is 0 Å². The molecule has 0 aliphatic heterocycles. The number of phosphoric acid groups is 1. The highest BCUT2D eigenvalue weighted by Gasteiger charge is 2.39. The van der Waals surface area contributed by atoms with Gasteiger partial charge in [-0.2, -0.15) is 5.26 Å². The number of hydrogen-bond acceptors (Lipinski definition) is 6. The molecule has 0 spiro atoms. The summed E-state index contributed by atoms with van der Waals surface area (Å²) in [6, 6.07) is 1.80. The van der Waals surface area contributed by atoms with Crippen molar-refractivity contribution in [3.8, 4) is 6.07 Å². The van der Waals surface area contributed by atoms with E-state index in [1.807, 2.05) is 0 Å². The summed E-state index contributed by atoms with van der Waals surface area (Å²) in [7, 11) is -4.76. The lowest BCUT2D eigenvalue weighted by atomic mass is 9.96. The first-order chi connectivity index (χ1) is 8.40. The van der Waals surface area contributed by atoms with Gasteiger partial charge in [0, 0.05) is 6.42 Å². The van der Waals surface area contributed by atoms with Gasteiger partial charge in [-0.3, -0.25) is 4.52 Å². The van der Waals surface area contributed by atoms with Crippen LogP contribution in [0.4, 0.5) is 0 Å². The third kappa shape index (κ3) is 7.93. The van der Waals surface area contributed by atoms with Gasteiger partial charge in [0.2, 0.25) is 0 Å². The molecule has 0 radical (unpaired) electrons. The maximum atomic E-state index is 11.9. The largest absolute Gasteiger partial charge is 0.469 e. The van der Waals surface area contributed by atoms with Crippen LogP contribution in [0.1, 0.15) is 33.6 Å². The summed E-state index contributed by atoms with van der Waals surface area (Å²) < 4.78 is 20.0. The van der Waals surface area contributed by atoms with E-state index in [0.29, 0.717) is 0 Å². The number of esters is 1. The van der Waals surface area contributed by atoms with Gasteiger partial charge in [-0.25, -0.2) is 9.36 Å². The lowest BCUT2D eigenvalue weighted by Crippen LogP contribution is -2.54. The normalized spacial score (nSPS) is 15.4. The van der Waals surface area contributed by atoms with Crippen molar-refractivity contribution in [2.24, 2.45) is 5.73 Å². The molecule has 8 nitrogen and oxygen atoms in total. The van der Waals surface area contributed by atoms with Crippen LogP contribution in [0.5, 0.6) is 0 Å². The number of nitriles is 1. The van der Waals surface area contributed by atoms with Crippen LogP contribution in [0.2, 0.25) is 0 Å². The maximum Gasteiger partial charge on any atom is 0.469 e. The fourth-order valence-corrected chi connectivity index (χ4v) is 1.49. The molecule has 0 aliphatic carbocycles. The lowest BCUT2D eigenvalue weighted by molar-refractivity contribution is -0.163. The molecular weight excluding hydrogens is 275 g/mol. The lowest BCUT2D eigenvalue weighted by Gasteiger charge is -2.30. The summed E-state index contributed by atoms with van der Waals surface area (Å²) in [5.41, 5.74) is 3.17. The Kier molecular flexibility index (Phi) is 6.13. The minimum Gasteiger partial charge on any atom is -0.459 e. The van der Waals surface area contributed by atoms with Gasteiger partial charge in [0.25, 0.3) is 0 Å². The highest BCUT2D eigenvalue weighted by Crippen LogP contribution is 2.37. The van der Waals surface area contributed by atoms with Crippen molar-refractivity contribution in [2.45, 2.75) is 44.8 Å². The second kappa shape index (κ2) is 6.46. The van der Waals surface area contributed by atoms with E-state index in [9.17, 15) is 9.36 Å². The number of hydrogen-bond donors (Lipinski definition) is 3. The first-order valence-corrected chi connectivity index (χ1v) is 7.02. The molecule has 1 atom stereocenters. The second-order valence-electron chi connectivity index (χ2n) is 5.08. The molecule has 110 valence electrons. The van der Waals surface area contributed by atoms with Crippen molar-refractivity contribution in [1.82, 2.24) is 0 Å². The molecule has 0 fully saturated rings. The number of phosphoric ester groups is 1. The SMILES string of the molecule is CC(C)(C)OC(=O)C(N)(CCC#N)COP(=O)(O)O. The van der Waals surface area contributed by atoms with Crippen LogP contribution in [0.3, 0.4) is 0 Å². The number of ether oxygens (including phenoxy) is 1. The first-order valence-electron chi connectivity index (χ1n) is 5.49. The average molecular weight is 294 g/mol. The van der Waals surface area contributed by atoms with Gasteiger partial charge in [0.15, 0.2) is 0 Å². The van der Waals surface area contributed by atoms with Crippen molar-refractivity contribution in [3.05, 3.63) is 0 Å². The third-order valence-electron chi connectivity index (χ3n) is 1.98. The molecule has 4 N–H and O–H groups in total. The molecule has 0 amide bonds. The van der Waals surface area contributed by atoms with E-state index in [0.717, 1.165) is 0 Å². The van der Waals surface area contributed by atoms with Gasteiger partial charge in [0.1, 0.15) is 11.1 Å². The highest BCUT2D eigenvalue weighted by atomic mass is 31.2. The predicted molar refractivity (Wildman–Crippen MR) is 65.6 cm³/mol. The zero-order chi connectivity index (χ0) is 15.3. The Labute approximate surface area is 111 Å². The molecule has 0 aromatic heterocycles. The van der Waals surface area contributed by atoms with Crippen LogP contribution in [-0.4, -0.2) is 33.5 Å². The molecule has 0 aromatic carbocycles. The molecule has 0 aliphatic rings. The smallest absolute Gasteiger partial charge is 0.459 e. The maximum absolute atomic E-state index is 11.9. The molecule has 0 aromatic rings. The summed E-state index contributed by atoms with van der Waals surface area (Å²) >= 11 is 0. The standard InChI is InChI=1S/C10H19N2O6P/c1-9(2,3)18-8(13)10(12,5-4-6-11)7-17-19(14,15)16/h4-5,7,12H2,1-3H3,(H2,14,15,16). The Morgan fingerprint density at radius 1 is 1.42 bits per heavy atom. The first kappa shape index (κ1) is 18.0. The van der Waals surface area contributed by atoms with E-state index in [1.54, 1.807) is 26.8 Å². The second-order valence-corrected chi connectivity index (χ2v) is 6.32. The topological polar surface area (TPSA) is 143 Å². The molecule has 0 rings (SSSR count). The van der Waals surface area contributed by atoms with Gasteiger partial charge < -0.3 is 20.3 Å². The summed E-state index contributed by atoms with van der Waals surface area (Å²) in [4.78, 5) is 29.2. The number of nitrogens with zero attached hydrogens (tertiary/aromatic N) is 1. The van der Waals surface area contributed by atoms with E-state index in [-0.39, 0.29) is 12.8 Å². The molecular formula is C10H19N2O6P. The van der Waals surface area contributed by atoms with Crippen molar-refractivity contribution in [1.29, 1.82) is 5.26 Å². The summed E-state index contributed by atoms with van der Waals surface area (Å²) in [5, 5.41) is 8.52.